The largest absolute Gasteiger partial charge is 0.466 e. The second-order valence-corrected chi connectivity index (χ2v) is 7.45. The minimum absolute atomic E-state index is 0.101. The van der Waals surface area contributed by atoms with E-state index in [-0.39, 0.29) is 29.8 Å². The predicted molar refractivity (Wildman–Crippen MR) is 108 cm³/mol. The van der Waals surface area contributed by atoms with Crippen molar-refractivity contribution in [3.63, 3.8) is 0 Å². The van der Waals surface area contributed by atoms with Gasteiger partial charge < -0.3 is 14.0 Å². The van der Waals surface area contributed by atoms with E-state index in [1.165, 1.54) is 21.1 Å². The van der Waals surface area contributed by atoms with Gasteiger partial charge in [0, 0.05) is 26.0 Å². The first-order valence-electron chi connectivity index (χ1n) is 9.40. The van der Waals surface area contributed by atoms with Crippen LogP contribution in [0.3, 0.4) is 0 Å². The van der Waals surface area contributed by atoms with E-state index in [1.807, 2.05) is 31.5 Å². The number of hydrogen-bond donors (Lipinski definition) is 0. The number of fused-ring (bicyclic) bond motifs is 1. The highest BCUT2D eigenvalue weighted by Crippen LogP contribution is 2.35. The van der Waals surface area contributed by atoms with Gasteiger partial charge in [-0.05, 0) is 43.0 Å². The number of methoxy groups -OCH3 is 2. The van der Waals surface area contributed by atoms with Gasteiger partial charge in [-0.1, -0.05) is 17.7 Å². The molecule has 2 aromatic rings. The van der Waals surface area contributed by atoms with Crippen molar-refractivity contribution in [2.24, 2.45) is 0 Å². The molecule has 0 saturated carbocycles. The van der Waals surface area contributed by atoms with Gasteiger partial charge in [-0.3, -0.25) is 4.79 Å². The Balaban J connectivity index is 2.24. The van der Waals surface area contributed by atoms with Crippen molar-refractivity contribution < 1.29 is 23.9 Å². The van der Waals surface area contributed by atoms with Gasteiger partial charge in [-0.2, -0.15) is 0 Å². The fourth-order valence-electron chi connectivity index (χ4n) is 4.27. The van der Waals surface area contributed by atoms with E-state index < -0.39 is 11.9 Å². The van der Waals surface area contributed by atoms with Gasteiger partial charge >= 0.3 is 11.9 Å². The first-order chi connectivity index (χ1) is 13.7. The van der Waals surface area contributed by atoms with Crippen molar-refractivity contribution in [1.82, 2.24) is 4.57 Å². The molecule has 3 rings (SSSR count). The Morgan fingerprint density at radius 2 is 1.41 bits per heavy atom. The van der Waals surface area contributed by atoms with Crippen LogP contribution < -0.4 is 0 Å². The number of benzene rings is 1. The van der Waals surface area contributed by atoms with E-state index in [9.17, 15) is 14.4 Å². The Hall–Kier alpha value is -3.15. The van der Waals surface area contributed by atoms with Gasteiger partial charge in [0.25, 0.3) is 0 Å². The maximum atomic E-state index is 12.6. The zero-order chi connectivity index (χ0) is 21.5. The quantitative estimate of drug-likeness (QED) is 0.586. The third kappa shape index (κ3) is 3.50. The first kappa shape index (κ1) is 20.6. The Morgan fingerprint density at radius 3 is 1.90 bits per heavy atom. The van der Waals surface area contributed by atoms with E-state index in [0.29, 0.717) is 5.69 Å². The van der Waals surface area contributed by atoms with E-state index in [1.54, 1.807) is 0 Å². The molecule has 0 radical (unpaired) electrons. The summed E-state index contributed by atoms with van der Waals surface area (Å²) in [5, 5.41) is 0. The molecule has 0 amide bonds. The summed E-state index contributed by atoms with van der Waals surface area (Å²) < 4.78 is 11.6. The number of aromatic nitrogens is 1. The lowest BCUT2D eigenvalue weighted by molar-refractivity contribution is -0.139. The van der Waals surface area contributed by atoms with Crippen LogP contribution >= 0.6 is 0 Å². The summed E-state index contributed by atoms with van der Waals surface area (Å²) in [6.07, 6.45) is 2.26. The molecule has 1 aliphatic carbocycles. The molecule has 0 saturated heterocycles. The van der Waals surface area contributed by atoms with Crippen LogP contribution in [0.1, 0.15) is 45.2 Å². The first-order valence-corrected chi connectivity index (χ1v) is 9.40. The molecule has 0 atom stereocenters. The summed E-state index contributed by atoms with van der Waals surface area (Å²) in [5.41, 5.74) is 6.81. The van der Waals surface area contributed by atoms with Crippen molar-refractivity contribution in [3.05, 3.63) is 63.0 Å². The lowest BCUT2D eigenvalue weighted by Gasteiger charge is -2.19. The number of nitrogens with zero attached hydrogens (tertiary/aromatic N) is 1. The number of Topliss-reactive ketones (excluding diaryl/α,β-unsaturated/α-hetero) is 1. The van der Waals surface area contributed by atoms with Gasteiger partial charge in [0.1, 0.15) is 0 Å². The normalized spacial score (nSPS) is 13.2. The molecule has 29 heavy (non-hydrogen) atoms. The highest BCUT2D eigenvalue weighted by Gasteiger charge is 2.33. The molecule has 0 unspecified atom stereocenters. The van der Waals surface area contributed by atoms with Gasteiger partial charge in [0.15, 0.2) is 5.78 Å². The van der Waals surface area contributed by atoms with Crippen molar-refractivity contribution in [3.8, 4) is 5.69 Å². The Labute approximate surface area is 170 Å². The molecule has 1 aromatic carbocycles. The molecule has 1 heterocycles. The van der Waals surface area contributed by atoms with Crippen LogP contribution in [-0.2, 0) is 31.9 Å². The fourth-order valence-corrected chi connectivity index (χ4v) is 4.27. The second-order valence-electron chi connectivity index (χ2n) is 7.45. The van der Waals surface area contributed by atoms with Crippen molar-refractivity contribution >= 4 is 17.7 Å². The maximum Gasteiger partial charge on any atom is 0.334 e. The van der Waals surface area contributed by atoms with E-state index in [0.717, 1.165) is 33.5 Å². The molecule has 6 heteroatoms. The van der Waals surface area contributed by atoms with Crippen LogP contribution in [0.5, 0.6) is 0 Å². The Bertz CT molecular complexity index is 1050. The van der Waals surface area contributed by atoms with Crippen molar-refractivity contribution in [1.29, 1.82) is 0 Å². The molecule has 1 aliphatic rings. The average molecular weight is 395 g/mol. The van der Waals surface area contributed by atoms with Crippen LogP contribution in [0.15, 0.2) is 29.5 Å². The molecule has 0 spiro atoms. The average Bonchev–Trinajstić information content (AvgIpc) is 3.02. The molecule has 0 aliphatic heterocycles. The molecule has 6 nitrogen and oxygen atoms in total. The SMILES string of the molecule is COC(=O)C1=C(C(=O)OC)Cc2c(cn(-c3c(C)cc(C)cc3C)c2C(C)=O)C1. The minimum atomic E-state index is -0.582. The summed E-state index contributed by atoms with van der Waals surface area (Å²) in [7, 11) is 2.56. The molecule has 0 bridgehead atoms. The number of carbonyl (C=O) groups is 3. The predicted octanol–water partition coefficient (Wildman–Crippen LogP) is 3.35. The van der Waals surface area contributed by atoms with Crippen LogP contribution in [0, 0.1) is 20.8 Å². The highest BCUT2D eigenvalue weighted by atomic mass is 16.5. The second kappa shape index (κ2) is 7.70. The third-order valence-corrected chi connectivity index (χ3v) is 5.36. The van der Waals surface area contributed by atoms with Crippen LogP contribution in [0.25, 0.3) is 5.69 Å². The van der Waals surface area contributed by atoms with Gasteiger partial charge in [-0.25, -0.2) is 9.59 Å². The number of ketones is 1. The van der Waals surface area contributed by atoms with Crippen molar-refractivity contribution in [2.45, 2.75) is 40.5 Å². The smallest absolute Gasteiger partial charge is 0.334 e. The minimum Gasteiger partial charge on any atom is -0.466 e. The summed E-state index contributed by atoms with van der Waals surface area (Å²) >= 11 is 0. The van der Waals surface area contributed by atoms with Crippen LogP contribution in [0.4, 0.5) is 0 Å². The monoisotopic (exact) mass is 395 g/mol. The zero-order valence-corrected chi connectivity index (χ0v) is 17.6. The summed E-state index contributed by atoms with van der Waals surface area (Å²) in [6, 6.07) is 4.15. The van der Waals surface area contributed by atoms with Crippen molar-refractivity contribution in [2.75, 3.05) is 14.2 Å². The van der Waals surface area contributed by atoms with Gasteiger partial charge in [0.05, 0.1) is 36.7 Å². The van der Waals surface area contributed by atoms with Crippen LogP contribution in [0.2, 0.25) is 0 Å². The summed E-state index contributed by atoms with van der Waals surface area (Å²) in [4.78, 5) is 37.3. The Kier molecular flexibility index (Phi) is 5.46. The lowest BCUT2D eigenvalue weighted by atomic mass is 9.86. The molecule has 1 aromatic heterocycles. The number of hydrogen-bond acceptors (Lipinski definition) is 5. The molecule has 0 fully saturated rings. The van der Waals surface area contributed by atoms with Gasteiger partial charge in [0.2, 0.25) is 0 Å². The fraction of sp³-hybridized carbons (Fsp3) is 0.348. The standard InChI is InChI=1S/C23H25NO5/c1-12-7-13(2)20(14(3)8-12)24-11-16-9-18(22(26)28-5)19(23(27)29-6)10-17(16)21(24)15(4)25/h7-8,11H,9-10H2,1-6H3. The lowest BCUT2D eigenvalue weighted by Crippen LogP contribution is -2.22. The topological polar surface area (TPSA) is 74.6 Å². The molecule has 152 valence electrons. The molecular formula is C23H25NO5. The van der Waals surface area contributed by atoms with E-state index in [2.05, 4.69) is 12.1 Å². The van der Waals surface area contributed by atoms with E-state index >= 15 is 0 Å². The number of esters is 2. The highest BCUT2D eigenvalue weighted by molar-refractivity contribution is 6.03. The molecule has 0 N–H and O–H groups in total. The van der Waals surface area contributed by atoms with Crippen LogP contribution in [-0.4, -0.2) is 36.5 Å². The zero-order valence-electron chi connectivity index (χ0n) is 17.6. The summed E-state index contributed by atoms with van der Waals surface area (Å²) in [5.74, 6) is -1.24. The Morgan fingerprint density at radius 1 is 0.897 bits per heavy atom. The maximum absolute atomic E-state index is 12.6. The third-order valence-electron chi connectivity index (χ3n) is 5.36. The summed E-state index contributed by atoms with van der Waals surface area (Å²) in [6.45, 7) is 7.57. The van der Waals surface area contributed by atoms with Gasteiger partial charge in [-0.15, -0.1) is 0 Å². The number of ether oxygens (including phenoxy) is 2. The molecular weight excluding hydrogens is 370 g/mol. The number of carbonyl (C=O) groups excluding carboxylic acids is 3. The number of rotatable bonds is 4. The number of aryl methyl sites for hydroxylation is 3. The van der Waals surface area contributed by atoms with E-state index in [4.69, 9.17) is 9.47 Å².